The standard InChI is InChI=1S/C42H42Cl2FN11O5/c1-24(38-29(43)22-46-23-30(38)44)61-26-4-5-32-27(17-26)39(50-49-32)25-3-6-35(47-21-25)54-13-15-55(16-14-54)37(58)20-42(60)8-11-53(12-9-42)34-19-33-28(18-31(34)45)40(51-52(33)2)56-10-7-36(57)48-41(56)59/h3-6,17-19,21-24,60H,7-16,20H2,1-2H3,(H,49,50)(H,48,57,59)/t24-/m1/s1. The number of aromatic amines is 1. The second-order valence-electron chi connectivity index (χ2n) is 15.7. The summed E-state index contributed by atoms with van der Waals surface area (Å²) in [5.74, 6) is 0.716. The molecule has 0 aliphatic carbocycles. The number of pyridine rings is 2. The van der Waals surface area contributed by atoms with Gasteiger partial charge in [0.15, 0.2) is 5.82 Å². The van der Waals surface area contributed by atoms with Gasteiger partial charge in [0.25, 0.3) is 0 Å². The van der Waals surface area contributed by atoms with Crippen molar-refractivity contribution in [2.75, 3.05) is 60.5 Å². The van der Waals surface area contributed by atoms with E-state index in [4.69, 9.17) is 32.9 Å². The van der Waals surface area contributed by atoms with Crippen LogP contribution >= 0.6 is 23.2 Å². The van der Waals surface area contributed by atoms with Crippen LogP contribution < -0.4 is 24.8 Å². The third kappa shape index (κ3) is 7.88. The molecule has 6 aromatic rings. The summed E-state index contributed by atoms with van der Waals surface area (Å²) in [7, 11) is 1.71. The molecule has 0 bridgehead atoms. The van der Waals surface area contributed by atoms with Crippen molar-refractivity contribution in [2.24, 2.45) is 7.05 Å². The Kier molecular flexibility index (Phi) is 10.7. The number of anilines is 3. The van der Waals surface area contributed by atoms with E-state index in [-0.39, 0.29) is 37.0 Å². The first kappa shape index (κ1) is 40.4. The summed E-state index contributed by atoms with van der Waals surface area (Å²) in [5, 5.41) is 28.1. The number of piperazine rings is 1. The van der Waals surface area contributed by atoms with Crippen LogP contribution in [-0.2, 0) is 16.6 Å². The van der Waals surface area contributed by atoms with Crippen LogP contribution in [-0.4, -0.2) is 109 Å². The lowest BCUT2D eigenvalue weighted by Gasteiger charge is -2.41. The zero-order valence-corrected chi connectivity index (χ0v) is 34.9. The molecule has 3 aliphatic rings. The molecule has 0 saturated carbocycles. The number of hydrogen-bond acceptors (Lipinski definition) is 11. The average molecular weight is 871 g/mol. The first-order valence-corrected chi connectivity index (χ1v) is 20.8. The molecule has 3 aliphatic heterocycles. The summed E-state index contributed by atoms with van der Waals surface area (Å²) in [6.45, 7) is 4.86. The van der Waals surface area contributed by atoms with Crippen LogP contribution in [0.2, 0.25) is 10.0 Å². The zero-order valence-electron chi connectivity index (χ0n) is 33.4. The highest BCUT2D eigenvalue weighted by molar-refractivity contribution is 6.35. The van der Waals surface area contributed by atoms with Gasteiger partial charge in [0.1, 0.15) is 29.2 Å². The van der Waals surface area contributed by atoms with E-state index in [2.05, 4.69) is 30.5 Å². The normalized spacial score (nSPS) is 17.6. The second kappa shape index (κ2) is 16.1. The molecule has 1 atom stereocenters. The van der Waals surface area contributed by atoms with E-state index in [1.165, 1.54) is 23.4 Å². The van der Waals surface area contributed by atoms with Gasteiger partial charge >= 0.3 is 6.03 Å². The molecule has 3 N–H and O–H groups in total. The summed E-state index contributed by atoms with van der Waals surface area (Å²) in [5.41, 5.74) is 2.81. The van der Waals surface area contributed by atoms with Gasteiger partial charge in [-0.2, -0.15) is 10.2 Å². The van der Waals surface area contributed by atoms with E-state index in [1.807, 2.05) is 42.2 Å². The van der Waals surface area contributed by atoms with Crippen molar-refractivity contribution in [3.8, 4) is 17.0 Å². The van der Waals surface area contributed by atoms with Crippen molar-refractivity contribution in [1.29, 1.82) is 0 Å². The van der Waals surface area contributed by atoms with Crippen LogP contribution in [0.25, 0.3) is 33.1 Å². The van der Waals surface area contributed by atoms with E-state index in [0.717, 1.165) is 28.0 Å². The minimum atomic E-state index is -1.22. The van der Waals surface area contributed by atoms with Gasteiger partial charge in [-0.05, 0) is 62.2 Å². The number of hydrogen-bond donors (Lipinski definition) is 3. The van der Waals surface area contributed by atoms with Gasteiger partial charge in [-0.15, -0.1) is 0 Å². The quantitative estimate of drug-likeness (QED) is 0.155. The fourth-order valence-electron chi connectivity index (χ4n) is 8.45. The number of urea groups is 1. The largest absolute Gasteiger partial charge is 0.486 e. The summed E-state index contributed by atoms with van der Waals surface area (Å²) in [6.07, 6.45) is 5.13. The minimum Gasteiger partial charge on any atom is -0.486 e. The number of aryl methyl sites for hydroxylation is 1. The number of amides is 4. The van der Waals surface area contributed by atoms with Crippen LogP contribution in [0.1, 0.15) is 44.3 Å². The van der Waals surface area contributed by atoms with E-state index in [1.54, 1.807) is 28.9 Å². The van der Waals surface area contributed by atoms with Crippen molar-refractivity contribution in [3.63, 3.8) is 0 Å². The number of carbonyl (C=O) groups excluding carboxylic acids is 3. The van der Waals surface area contributed by atoms with E-state index in [0.29, 0.717) is 90.1 Å². The number of ether oxygens (including phenoxy) is 1. The van der Waals surface area contributed by atoms with Crippen molar-refractivity contribution in [3.05, 3.63) is 82.5 Å². The molecule has 316 valence electrons. The second-order valence-corrected chi connectivity index (χ2v) is 16.6. The number of aromatic nitrogens is 6. The maximum atomic E-state index is 15.7. The van der Waals surface area contributed by atoms with Gasteiger partial charge < -0.3 is 24.5 Å². The summed E-state index contributed by atoms with van der Waals surface area (Å²) in [4.78, 5) is 53.6. The zero-order chi connectivity index (χ0) is 42.6. The lowest BCUT2D eigenvalue weighted by Crippen LogP contribution is -2.52. The number of H-pyrrole nitrogens is 1. The summed E-state index contributed by atoms with van der Waals surface area (Å²) < 4.78 is 23.5. The predicted molar refractivity (Wildman–Crippen MR) is 229 cm³/mol. The summed E-state index contributed by atoms with van der Waals surface area (Å²) >= 11 is 12.7. The lowest BCUT2D eigenvalue weighted by molar-refractivity contribution is -0.137. The molecule has 9 rings (SSSR count). The van der Waals surface area contributed by atoms with Gasteiger partial charge in [-0.1, -0.05) is 23.2 Å². The van der Waals surface area contributed by atoms with Crippen LogP contribution in [0.5, 0.6) is 5.75 Å². The minimum absolute atomic E-state index is 0.0185. The van der Waals surface area contributed by atoms with Crippen molar-refractivity contribution in [2.45, 2.75) is 44.3 Å². The van der Waals surface area contributed by atoms with Gasteiger partial charge in [-0.25, -0.2) is 14.2 Å². The highest BCUT2D eigenvalue weighted by Crippen LogP contribution is 2.37. The Balaban J connectivity index is 0.789. The Morgan fingerprint density at radius 2 is 1.70 bits per heavy atom. The fourth-order valence-corrected chi connectivity index (χ4v) is 9.12. The number of carbonyl (C=O) groups is 3. The molecule has 3 fully saturated rings. The molecule has 0 unspecified atom stereocenters. The van der Waals surface area contributed by atoms with Gasteiger partial charge in [-0.3, -0.25) is 34.6 Å². The number of nitrogens with one attached hydrogen (secondary N) is 2. The van der Waals surface area contributed by atoms with Crippen LogP contribution in [0.3, 0.4) is 0 Å². The van der Waals surface area contributed by atoms with Crippen LogP contribution in [0, 0.1) is 5.82 Å². The maximum absolute atomic E-state index is 15.7. The molecule has 0 spiro atoms. The monoisotopic (exact) mass is 869 g/mol. The van der Waals surface area contributed by atoms with E-state index in [9.17, 15) is 19.5 Å². The molecule has 16 nitrogen and oxygen atoms in total. The molecule has 19 heteroatoms. The Morgan fingerprint density at radius 1 is 0.951 bits per heavy atom. The Morgan fingerprint density at radius 3 is 2.41 bits per heavy atom. The number of piperidine rings is 1. The van der Waals surface area contributed by atoms with Crippen molar-refractivity contribution < 1.29 is 28.6 Å². The van der Waals surface area contributed by atoms with Crippen molar-refractivity contribution >= 4 is 80.2 Å². The Labute approximate surface area is 359 Å². The van der Waals surface area contributed by atoms with E-state index < -0.39 is 23.6 Å². The Bertz CT molecular complexity index is 2660. The van der Waals surface area contributed by atoms with E-state index >= 15 is 4.39 Å². The highest BCUT2D eigenvalue weighted by Gasteiger charge is 2.38. The number of nitrogens with zero attached hydrogens (tertiary/aromatic N) is 9. The summed E-state index contributed by atoms with van der Waals surface area (Å²) in [6, 6.07) is 12.1. The van der Waals surface area contributed by atoms with Crippen molar-refractivity contribution in [1.82, 2.24) is 40.2 Å². The molecule has 7 heterocycles. The average Bonchev–Trinajstić information content (AvgIpc) is 3.80. The number of fused-ring (bicyclic) bond motifs is 2. The smallest absolute Gasteiger partial charge is 0.329 e. The van der Waals surface area contributed by atoms with Crippen LogP contribution in [0.4, 0.5) is 26.5 Å². The maximum Gasteiger partial charge on any atom is 0.329 e. The molecule has 4 aromatic heterocycles. The molecule has 3 saturated heterocycles. The SMILES string of the molecule is C[C@@H](Oc1ccc2[nH]nc(-c3ccc(N4CCN(C(=O)CC5(O)CCN(c6cc7c(cc6F)c(N6CCC(=O)NC6=O)nn7C)CC5)CC4)nc3)c2c1)c1c(Cl)cncc1Cl. The Hall–Kier alpha value is -6.04. The number of imide groups is 1. The molecular formula is C42H42Cl2FN11O5. The molecule has 0 radical (unpaired) electrons. The third-order valence-electron chi connectivity index (χ3n) is 11.8. The van der Waals surface area contributed by atoms with Gasteiger partial charge in [0, 0.05) is 99.8 Å². The topological polar surface area (TPSA) is 178 Å². The first-order chi connectivity index (χ1) is 29.3. The predicted octanol–water partition coefficient (Wildman–Crippen LogP) is 6.01. The van der Waals surface area contributed by atoms with Gasteiger partial charge in [0.2, 0.25) is 11.8 Å². The lowest BCUT2D eigenvalue weighted by atomic mass is 9.87. The molecule has 2 aromatic carbocycles. The highest BCUT2D eigenvalue weighted by atomic mass is 35.5. The first-order valence-electron chi connectivity index (χ1n) is 20.0. The number of halogens is 3. The van der Waals surface area contributed by atoms with Gasteiger partial charge in [0.05, 0.1) is 38.8 Å². The molecular weight excluding hydrogens is 828 g/mol. The molecule has 4 amide bonds. The number of aliphatic hydroxyl groups is 1. The van der Waals surface area contributed by atoms with Crippen LogP contribution in [0.15, 0.2) is 61.1 Å². The fraction of sp³-hybridized carbons (Fsp3) is 0.357. The third-order valence-corrected chi connectivity index (χ3v) is 12.4. The molecule has 61 heavy (non-hydrogen) atoms. The number of rotatable bonds is 9. The number of benzene rings is 2.